The predicted octanol–water partition coefficient (Wildman–Crippen LogP) is 3.68. The number of nitrogens with zero attached hydrogens (tertiary/aromatic N) is 3. The minimum absolute atomic E-state index is 0.0973. The van der Waals surface area contributed by atoms with E-state index in [1.165, 1.54) is 42.3 Å². The molecule has 0 aliphatic rings. The summed E-state index contributed by atoms with van der Waals surface area (Å²) in [7, 11) is 1.29. The molecular formula is C18H17FN4O3S2. The topological polar surface area (TPSA) is 86.1 Å². The third kappa shape index (κ3) is 4.39. The van der Waals surface area contributed by atoms with Gasteiger partial charge in [-0.25, -0.2) is 9.18 Å². The van der Waals surface area contributed by atoms with Gasteiger partial charge in [-0.15, -0.1) is 21.5 Å². The first-order chi connectivity index (χ1) is 13.5. The molecule has 1 aromatic carbocycles. The first-order valence-corrected chi connectivity index (χ1v) is 10.2. The van der Waals surface area contributed by atoms with Gasteiger partial charge in [0.15, 0.2) is 11.0 Å². The summed E-state index contributed by atoms with van der Waals surface area (Å²) in [4.78, 5) is 24.0. The van der Waals surface area contributed by atoms with E-state index in [4.69, 9.17) is 4.74 Å². The summed E-state index contributed by atoms with van der Waals surface area (Å²) in [6.07, 6.45) is 0. The summed E-state index contributed by atoms with van der Waals surface area (Å²) in [6.45, 7) is 2.54. The largest absolute Gasteiger partial charge is 0.465 e. The number of thiophene rings is 1. The molecule has 0 fully saturated rings. The number of anilines is 1. The van der Waals surface area contributed by atoms with Crippen LogP contribution in [0.4, 0.5) is 9.39 Å². The van der Waals surface area contributed by atoms with Crippen LogP contribution < -0.4 is 5.32 Å². The fraction of sp³-hybridized carbons (Fsp3) is 0.222. The second-order valence-electron chi connectivity index (χ2n) is 5.55. The van der Waals surface area contributed by atoms with Gasteiger partial charge in [-0.05, 0) is 42.6 Å². The van der Waals surface area contributed by atoms with Crippen LogP contribution in [0, 0.1) is 5.82 Å². The van der Waals surface area contributed by atoms with Crippen LogP contribution >= 0.6 is 23.1 Å². The van der Waals surface area contributed by atoms with Crippen molar-refractivity contribution < 1.29 is 18.7 Å². The lowest BCUT2D eigenvalue weighted by Gasteiger charge is -2.08. The number of aromatic nitrogens is 3. The Kier molecular flexibility index (Phi) is 6.42. The van der Waals surface area contributed by atoms with Crippen LogP contribution in [-0.2, 0) is 16.1 Å². The Morgan fingerprint density at radius 3 is 2.68 bits per heavy atom. The van der Waals surface area contributed by atoms with Crippen LogP contribution in [-0.4, -0.2) is 39.5 Å². The van der Waals surface area contributed by atoms with Crippen LogP contribution in [0.5, 0.6) is 0 Å². The Bertz CT molecular complexity index is 985. The summed E-state index contributed by atoms with van der Waals surface area (Å²) in [5.41, 5.74) is 1.06. The highest BCUT2D eigenvalue weighted by Gasteiger charge is 2.17. The number of hydrogen-bond acceptors (Lipinski definition) is 7. The number of nitrogens with one attached hydrogen (secondary N) is 1. The Hall–Kier alpha value is -2.72. The van der Waals surface area contributed by atoms with E-state index < -0.39 is 5.97 Å². The average molecular weight is 420 g/mol. The lowest BCUT2D eigenvalue weighted by Crippen LogP contribution is -2.16. The quantitative estimate of drug-likeness (QED) is 0.464. The predicted molar refractivity (Wildman–Crippen MR) is 106 cm³/mol. The van der Waals surface area contributed by atoms with Gasteiger partial charge in [0.2, 0.25) is 5.91 Å². The molecule has 0 atom stereocenters. The van der Waals surface area contributed by atoms with E-state index in [2.05, 4.69) is 15.5 Å². The summed E-state index contributed by atoms with van der Waals surface area (Å²) in [5, 5.41) is 13.8. The number of amides is 1. The van der Waals surface area contributed by atoms with Crippen LogP contribution in [0.25, 0.3) is 11.4 Å². The second kappa shape index (κ2) is 8.98. The van der Waals surface area contributed by atoms with E-state index in [0.29, 0.717) is 28.1 Å². The molecule has 1 N–H and O–H groups in total. The molecule has 1 amide bonds. The lowest BCUT2D eigenvalue weighted by atomic mass is 10.2. The zero-order chi connectivity index (χ0) is 20.1. The number of hydrogen-bond donors (Lipinski definition) is 1. The SMILES string of the molecule is CCn1c(SCC(=O)Nc2sccc2C(=O)OC)nnc1-c1ccc(F)cc1. The van der Waals surface area contributed by atoms with Crippen LogP contribution in [0.15, 0.2) is 40.9 Å². The van der Waals surface area contributed by atoms with Crippen molar-refractivity contribution in [2.45, 2.75) is 18.6 Å². The Balaban J connectivity index is 1.68. The maximum atomic E-state index is 13.1. The molecule has 0 saturated carbocycles. The van der Waals surface area contributed by atoms with E-state index in [0.717, 1.165) is 5.56 Å². The number of methoxy groups -OCH3 is 1. The van der Waals surface area contributed by atoms with E-state index in [1.807, 2.05) is 11.5 Å². The van der Waals surface area contributed by atoms with Crippen molar-refractivity contribution in [1.82, 2.24) is 14.8 Å². The molecule has 7 nitrogen and oxygen atoms in total. The molecule has 0 radical (unpaired) electrons. The maximum Gasteiger partial charge on any atom is 0.340 e. The van der Waals surface area contributed by atoms with Gasteiger partial charge in [-0.1, -0.05) is 11.8 Å². The number of carbonyl (C=O) groups is 2. The Morgan fingerprint density at radius 1 is 1.25 bits per heavy atom. The van der Waals surface area contributed by atoms with Gasteiger partial charge in [0.05, 0.1) is 18.4 Å². The molecule has 0 bridgehead atoms. The molecule has 0 aliphatic carbocycles. The Labute approximate surface area is 168 Å². The van der Waals surface area contributed by atoms with Crippen LogP contribution in [0.3, 0.4) is 0 Å². The van der Waals surface area contributed by atoms with Gasteiger partial charge < -0.3 is 14.6 Å². The third-order valence-electron chi connectivity index (χ3n) is 3.79. The van der Waals surface area contributed by atoms with Gasteiger partial charge in [0.1, 0.15) is 10.8 Å². The summed E-state index contributed by atoms with van der Waals surface area (Å²) in [6, 6.07) is 7.60. The highest BCUT2D eigenvalue weighted by Crippen LogP contribution is 2.26. The van der Waals surface area contributed by atoms with Gasteiger partial charge >= 0.3 is 5.97 Å². The normalized spacial score (nSPS) is 10.7. The molecule has 2 aromatic heterocycles. The monoisotopic (exact) mass is 420 g/mol. The standard InChI is InChI=1S/C18H17FN4O3S2/c1-3-23-15(11-4-6-12(19)7-5-11)21-22-18(23)28-10-14(24)20-16-13(8-9-27-16)17(25)26-2/h4-9H,3,10H2,1-2H3,(H,20,24). The number of thioether (sulfide) groups is 1. The minimum atomic E-state index is -0.501. The summed E-state index contributed by atoms with van der Waals surface area (Å²) >= 11 is 2.48. The molecule has 0 saturated heterocycles. The first kappa shape index (κ1) is 20.0. The van der Waals surface area contributed by atoms with E-state index >= 15 is 0 Å². The number of carbonyl (C=O) groups excluding carboxylic acids is 2. The van der Waals surface area contributed by atoms with Gasteiger partial charge in [-0.3, -0.25) is 4.79 Å². The van der Waals surface area contributed by atoms with Gasteiger partial charge in [0, 0.05) is 12.1 Å². The van der Waals surface area contributed by atoms with Crippen LogP contribution in [0.1, 0.15) is 17.3 Å². The second-order valence-corrected chi connectivity index (χ2v) is 7.41. The van der Waals surface area contributed by atoms with Crippen molar-refractivity contribution in [3.8, 4) is 11.4 Å². The molecule has 28 heavy (non-hydrogen) atoms. The molecule has 10 heteroatoms. The molecular weight excluding hydrogens is 403 g/mol. The van der Waals surface area contributed by atoms with Crippen molar-refractivity contribution in [2.24, 2.45) is 0 Å². The molecule has 0 spiro atoms. The van der Waals surface area contributed by atoms with Gasteiger partial charge in [0.25, 0.3) is 0 Å². The molecule has 3 aromatic rings. The van der Waals surface area contributed by atoms with Crippen molar-refractivity contribution >= 4 is 40.0 Å². The van der Waals surface area contributed by atoms with Gasteiger partial charge in [-0.2, -0.15) is 0 Å². The number of halogens is 1. The Morgan fingerprint density at radius 2 is 2.00 bits per heavy atom. The first-order valence-electron chi connectivity index (χ1n) is 8.31. The summed E-state index contributed by atoms with van der Waals surface area (Å²) in [5.74, 6) is -0.389. The third-order valence-corrected chi connectivity index (χ3v) is 5.59. The van der Waals surface area contributed by atoms with E-state index in [9.17, 15) is 14.0 Å². The van der Waals surface area contributed by atoms with Crippen molar-refractivity contribution in [3.63, 3.8) is 0 Å². The molecule has 2 heterocycles. The molecule has 0 unspecified atom stereocenters. The molecule has 3 rings (SSSR count). The smallest absolute Gasteiger partial charge is 0.340 e. The number of benzene rings is 1. The number of esters is 1. The zero-order valence-corrected chi connectivity index (χ0v) is 16.8. The fourth-order valence-corrected chi connectivity index (χ4v) is 4.06. The van der Waals surface area contributed by atoms with Crippen molar-refractivity contribution in [3.05, 3.63) is 47.1 Å². The van der Waals surface area contributed by atoms with Crippen LogP contribution in [0.2, 0.25) is 0 Å². The zero-order valence-electron chi connectivity index (χ0n) is 15.1. The lowest BCUT2D eigenvalue weighted by molar-refractivity contribution is -0.113. The summed E-state index contributed by atoms with van der Waals surface area (Å²) < 4.78 is 19.7. The maximum absolute atomic E-state index is 13.1. The number of ether oxygens (including phenoxy) is 1. The number of rotatable bonds is 7. The highest BCUT2D eigenvalue weighted by molar-refractivity contribution is 7.99. The molecule has 146 valence electrons. The molecule has 0 aliphatic heterocycles. The van der Waals surface area contributed by atoms with Crippen molar-refractivity contribution in [2.75, 3.05) is 18.2 Å². The highest BCUT2D eigenvalue weighted by atomic mass is 32.2. The van der Waals surface area contributed by atoms with Crippen molar-refractivity contribution in [1.29, 1.82) is 0 Å². The van der Waals surface area contributed by atoms with E-state index in [-0.39, 0.29) is 17.5 Å². The van der Waals surface area contributed by atoms with E-state index in [1.54, 1.807) is 23.6 Å². The average Bonchev–Trinajstić information content (AvgIpc) is 3.33. The fourth-order valence-electron chi connectivity index (χ4n) is 2.46. The minimum Gasteiger partial charge on any atom is -0.465 e.